The summed E-state index contributed by atoms with van der Waals surface area (Å²) in [6, 6.07) is 10.1. The predicted molar refractivity (Wildman–Crippen MR) is 149 cm³/mol. The zero-order valence-corrected chi connectivity index (χ0v) is 22.6. The van der Waals surface area contributed by atoms with Crippen LogP contribution in [0.15, 0.2) is 48.7 Å². The molecule has 38 heavy (non-hydrogen) atoms. The summed E-state index contributed by atoms with van der Waals surface area (Å²) >= 11 is 12.2. The highest BCUT2D eigenvalue weighted by Crippen LogP contribution is 2.34. The minimum absolute atomic E-state index is 0.170. The highest BCUT2D eigenvalue weighted by atomic mass is 35.5. The highest BCUT2D eigenvalue weighted by molar-refractivity contribution is 6.42. The van der Waals surface area contributed by atoms with Gasteiger partial charge in [0.25, 0.3) is 0 Å². The molecule has 2 aromatic carbocycles. The number of nitrogens with one attached hydrogen (secondary N) is 1. The average Bonchev–Trinajstić information content (AvgIpc) is 3.33. The van der Waals surface area contributed by atoms with Crippen LogP contribution in [0.5, 0.6) is 0 Å². The third-order valence-corrected chi connectivity index (χ3v) is 8.92. The smallest absolute Gasteiger partial charge is 0.246 e. The van der Waals surface area contributed by atoms with Crippen LogP contribution in [0.25, 0.3) is 17.0 Å². The molecule has 1 atom stereocenters. The van der Waals surface area contributed by atoms with Gasteiger partial charge in [0.05, 0.1) is 21.8 Å². The molecule has 3 N–H and O–H groups in total. The summed E-state index contributed by atoms with van der Waals surface area (Å²) in [6.07, 6.45) is 6.61. The fourth-order valence-corrected chi connectivity index (χ4v) is 6.03. The van der Waals surface area contributed by atoms with Crippen molar-refractivity contribution in [3.8, 4) is 0 Å². The van der Waals surface area contributed by atoms with E-state index in [2.05, 4.69) is 9.88 Å². The maximum Gasteiger partial charge on any atom is 0.246 e. The number of halogens is 3. The minimum atomic E-state index is -1.23. The molecular formula is C29H32Cl2FN3O3. The van der Waals surface area contributed by atoms with Gasteiger partial charge in [-0.05, 0) is 86.2 Å². The second-order valence-electron chi connectivity index (χ2n) is 10.4. The number of β-amino-alcohol motifs (C(OH)–C–C–N with tert-alkyl or cyclic N) is 1. The minimum Gasteiger partial charge on any atom is -0.389 e. The number of piperidine rings is 2. The molecule has 1 unspecified atom stereocenters. The molecule has 0 bridgehead atoms. The molecule has 202 valence electrons. The topological polar surface area (TPSA) is 79.8 Å². The van der Waals surface area contributed by atoms with E-state index in [9.17, 15) is 19.4 Å². The second-order valence-corrected chi connectivity index (χ2v) is 11.2. The van der Waals surface area contributed by atoms with Crippen LogP contribution in [0.3, 0.4) is 0 Å². The molecule has 5 rings (SSSR count). The summed E-state index contributed by atoms with van der Waals surface area (Å²) in [4.78, 5) is 19.8. The number of nitrogens with zero attached hydrogens (tertiary/aromatic N) is 2. The van der Waals surface area contributed by atoms with Gasteiger partial charge in [-0.15, -0.1) is 0 Å². The fraction of sp³-hybridized carbons (Fsp3) is 0.414. The molecule has 0 saturated carbocycles. The van der Waals surface area contributed by atoms with Gasteiger partial charge in [0.2, 0.25) is 5.91 Å². The molecule has 1 aromatic heterocycles. The van der Waals surface area contributed by atoms with Crippen molar-refractivity contribution in [3.05, 3.63) is 75.7 Å². The molecule has 0 spiro atoms. The van der Waals surface area contributed by atoms with Gasteiger partial charge in [0.15, 0.2) is 0 Å². The fourth-order valence-electron chi connectivity index (χ4n) is 5.66. The van der Waals surface area contributed by atoms with Crippen molar-refractivity contribution in [1.29, 1.82) is 0 Å². The summed E-state index contributed by atoms with van der Waals surface area (Å²) in [6.45, 7) is 2.69. The van der Waals surface area contributed by atoms with Crippen molar-refractivity contribution in [2.24, 2.45) is 0 Å². The quantitative estimate of drug-likeness (QED) is 0.362. The van der Waals surface area contributed by atoms with Gasteiger partial charge in [0, 0.05) is 42.8 Å². The Kier molecular flexibility index (Phi) is 8.12. The van der Waals surface area contributed by atoms with E-state index in [1.807, 2.05) is 6.20 Å². The first-order valence-corrected chi connectivity index (χ1v) is 13.8. The van der Waals surface area contributed by atoms with E-state index in [0.717, 1.165) is 42.4 Å². The Hall–Kier alpha value is -2.42. The van der Waals surface area contributed by atoms with E-state index in [4.69, 9.17) is 23.2 Å². The number of fused-ring (bicyclic) bond motifs is 1. The third kappa shape index (κ3) is 5.77. The van der Waals surface area contributed by atoms with Gasteiger partial charge < -0.3 is 25.0 Å². The number of benzene rings is 2. The predicted octanol–water partition coefficient (Wildman–Crippen LogP) is 5.22. The second kappa shape index (κ2) is 11.4. The molecular weight excluding hydrogens is 528 g/mol. The average molecular weight is 560 g/mol. The van der Waals surface area contributed by atoms with Crippen molar-refractivity contribution in [2.45, 2.75) is 43.3 Å². The Morgan fingerprint density at radius 1 is 1.16 bits per heavy atom. The lowest BCUT2D eigenvalue weighted by Gasteiger charge is -2.43. The number of hydrogen-bond donors (Lipinski definition) is 3. The lowest BCUT2D eigenvalue weighted by molar-refractivity contribution is -0.140. The van der Waals surface area contributed by atoms with Gasteiger partial charge in [-0.2, -0.15) is 0 Å². The summed E-state index contributed by atoms with van der Waals surface area (Å²) in [5.74, 6) is -0.0793. The Morgan fingerprint density at radius 3 is 2.63 bits per heavy atom. The van der Waals surface area contributed by atoms with Crippen molar-refractivity contribution >= 4 is 46.1 Å². The number of aromatic amines is 1. The van der Waals surface area contributed by atoms with E-state index in [1.54, 1.807) is 41.3 Å². The van der Waals surface area contributed by atoms with E-state index < -0.39 is 11.7 Å². The summed E-state index contributed by atoms with van der Waals surface area (Å²) in [5, 5.41) is 23.9. The van der Waals surface area contributed by atoms with Crippen molar-refractivity contribution in [1.82, 2.24) is 14.8 Å². The van der Waals surface area contributed by atoms with E-state index in [0.29, 0.717) is 54.0 Å². The molecule has 6 nitrogen and oxygen atoms in total. The first kappa shape index (κ1) is 27.2. The number of carbonyl (C=O) groups excluding carboxylic acids is 1. The number of carbonyl (C=O) groups is 1. The van der Waals surface area contributed by atoms with Crippen LogP contribution in [0.4, 0.5) is 4.39 Å². The molecule has 2 saturated heterocycles. The van der Waals surface area contributed by atoms with Gasteiger partial charge in [0.1, 0.15) is 5.82 Å². The van der Waals surface area contributed by atoms with Gasteiger partial charge in [-0.25, -0.2) is 4.39 Å². The van der Waals surface area contributed by atoms with Crippen molar-refractivity contribution in [2.75, 3.05) is 32.7 Å². The zero-order chi connectivity index (χ0) is 26.9. The monoisotopic (exact) mass is 559 g/mol. The molecule has 2 fully saturated rings. The number of aromatic nitrogens is 1. The Labute approximate surface area is 231 Å². The third-order valence-electron chi connectivity index (χ3n) is 8.08. The SMILES string of the molecule is O=C(C=Cc1cccc(Cl)c1Cl)N1CCC(O)(C(O)CN2CCC(c3c[nH]c4ccc(F)cc34)CC2)CC1. The Bertz CT molecular complexity index is 1330. The molecule has 9 heteroatoms. The molecule has 1 amide bonds. The van der Waals surface area contributed by atoms with Crippen LogP contribution in [0.1, 0.15) is 42.7 Å². The number of hydrogen-bond acceptors (Lipinski definition) is 4. The van der Waals surface area contributed by atoms with E-state index >= 15 is 0 Å². The summed E-state index contributed by atoms with van der Waals surface area (Å²) < 4.78 is 13.8. The number of H-pyrrole nitrogens is 1. The lowest BCUT2D eigenvalue weighted by atomic mass is 9.84. The standard InChI is InChI=1S/C29H32Cl2FN3O3/c30-24-3-1-2-20(28(24)31)4-7-27(37)35-14-10-29(38,11-15-35)26(36)18-34-12-8-19(9-13-34)23-17-33-25-6-5-21(32)16-22(23)25/h1-7,16-17,19,26,33,36,38H,8-15,18H2. The van der Waals surface area contributed by atoms with Crippen LogP contribution in [-0.2, 0) is 4.79 Å². The first-order valence-electron chi connectivity index (χ1n) is 13.0. The van der Waals surface area contributed by atoms with Crippen LogP contribution in [0.2, 0.25) is 10.0 Å². The lowest BCUT2D eigenvalue weighted by Crippen LogP contribution is -2.56. The molecule has 3 aromatic rings. The maximum absolute atomic E-state index is 13.8. The molecule has 2 aliphatic rings. The highest BCUT2D eigenvalue weighted by Gasteiger charge is 2.40. The van der Waals surface area contributed by atoms with Gasteiger partial charge >= 0.3 is 0 Å². The van der Waals surface area contributed by atoms with Gasteiger partial charge in [-0.1, -0.05) is 35.3 Å². The molecule has 2 aliphatic heterocycles. The molecule has 3 heterocycles. The summed E-state index contributed by atoms with van der Waals surface area (Å²) in [7, 11) is 0. The largest absolute Gasteiger partial charge is 0.389 e. The van der Waals surface area contributed by atoms with Crippen molar-refractivity contribution < 1.29 is 19.4 Å². The number of aliphatic hydroxyl groups is 2. The molecule has 0 aliphatic carbocycles. The zero-order valence-electron chi connectivity index (χ0n) is 21.0. The summed E-state index contributed by atoms with van der Waals surface area (Å²) in [5.41, 5.74) is 1.51. The number of amides is 1. The van der Waals surface area contributed by atoms with E-state index in [1.165, 1.54) is 12.1 Å². The van der Waals surface area contributed by atoms with Crippen LogP contribution in [-0.4, -0.2) is 75.3 Å². The van der Waals surface area contributed by atoms with Crippen molar-refractivity contribution in [3.63, 3.8) is 0 Å². The Morgan fingerprint density at radius 2 is 1.89 bits per heavy atom. The normalized spacial score (nSPS) is 19.9. The van der Waals surface area contributed by atoms with Crippen LogP contribution in [0, 0.1) is 5.82 Å². The molecule has 0 radical (unpaired) electrons. The van der Waals surface area contributed by atoms with Crippen LogP contribution < -0.4 is 0 Å². The Balaban J connectivity index is 1.11. The number of likely N-dealkylation sites (tertiary alicyclic amines) is 2. The number of aliphatic hydroxyl groups excluding tert-OH is 1. The number of rotatable bonds is 6. The van der Waals surface area contributed by atoms with Crippen LogP contribution >= 0.6 is 23.2 Å². The first-order chi connectivity index (χ1) is 18.2. The van der Waals surface area contributed by atoms with E-state index in [-0.39, 0.29) is 11.7 Å². The van der Waals surface area contributed by atoms with Gasteiger partial charge in [-0.3, -0.25) is 4.79 Å². The maximum atomic E-state index is 13.8.